The molecule has 0 aliphatic heterocycles. The maximum Gasteiger partial charge on any atom is 0.0612 e. The summed E-state index contributed by atoms with van der Waals surface area (Å²) < 4.78 is 26.1. The molecule has 14 rings (SSSR count). The van der Waals surface area contributed by atoms with Gasteiger partial charge in [-0.15, -0.1) is 90.7 Å². The molecule has 356 valence electrons. The monoisotopic (exact) mass is 1680 g/mol. The first kappa shape index (κ1) is 50.8. The summed E-state index contributed by atoms with van der Waals surface area (Å²) >= 11 is 43.5. The van der Waals surface area contributed by atoms with Crippen LogP contribution in [-0.4, -0.2) is 0 Å². The molecule has 16 heteroatoms. The van der Waals surface area contributed by atoms with Crippen molar-refractivity contribution in [3.63, 3.8) is 0 Å². The smallest absolute Gasteiger partial charge is 0.0612 e. The lowest BCUT2D eigenvalue weighted by Crippen LogP contribution is -1.82. The highest BCUT2D eigenvalue weighted by molar-refractivity contribution is 14.1. The van der Waals surface area contributed by atoms with Crippen LogP contribution in [0.25, 0.3) is 120 Å². The van der Waals surface area contributed by atoms with E-state index in [1.165, 1.54) is 167 Å². The Morgan fingerprint density at radius 2 is 0.542 bits per heavy atom. The second-order valence-electron chi connectivity index (χ2n) is 17.6. The maximum absolute atomic E-state index is 3.97. The molecule has 0 radical (unpaired) electrons. The predicted molar refractivity (Wildman–Crippen MR) is 368 cm³/mol. The van der Waals surface area contributed by atoms with Crippen LogP contribution in [0.2, 0.25) is 0 Å². The van der Waals surface area contributed by atoms with Crippen molar-refractivity contribution in [3.05, 3.63) is 153 Å². The number of benzene rings is 6. The molecule has 14 aromatic rings. The Labute approximate surface area is 523 Å². The Hall–Kier alpha value is -0.660. The van der Waals surface area contributed by atoms with Crippen LogP contribution in [0.4, 0.5) is 0 Å². The number of halogens is 8. The van der Waals surface area contributed by atoms with Gasteiger partial charge in [0, 0.05) is 78.7 Å². The molecule has 0 amide bonds. The molecule has 0 spiro atoms. The number of aryl methyl sites for hydroxylation is 4. The van der Waals surface area contributed by atoms with Crippen molar-refractivity contribution >= 4 is 309 Å². The van der Waals surface area contributed by atoms with Gasteiger partial charge in [-0.05, 0) is 196 Å². The molecule has 0 aliphatic carbocycles. The highest BCUT2D eigenvalue weighted by Gasteiger charge is 2.25. The van der Waals surface area contributed by atoms with E-state index in [0.29, 0.717) is 0 Å². The Morgan fingerprint density at radius 3 is 0.806 bits per heavy atom. The van der Waals surface area contributed by atoms with E-state index >= 15 is 0 Å². The Bertz CT molecular complexity index is 4040. The van der Waals surface area contributed by atoms with Crippen molar-refractivity contribution in [2.45, 2.75) is 27.7 Å². The lowest BCUT2D eigenvalue weighted by atomic mass is 10.1. The van der Waals surface area contributed by atoms with E-state index in [0.717, 1.165) is 8.95 Å². The summed E-state index contributed by atoms with van der Waals surface area (Å²) in [5.41, 5.74) is 10.2. The topological polar surface area (TPSA) is 0 Å². The first-order valence-electron chi connectivity index (χ1n) is 22.0. The molecule has 0 saturated carbocycles. The lowest BCUT2D eigenvalue weighted by molar-refractivity contribution is 1.45. The fourth-order valence-electron chi connectivity index (χ4n) is 9.18. The highest BCUT2D eigenvalue weighted by Crippen LogP contribution is 2.57. The summed E-state index contributed by atoms with van der Waals surface area (Å²) in [4.78, 5) is 5.23. The van der Waals surface area contributed by atoms with Gasteiger partial charge in [0.25, 0.3) is 0 Å². The van der Waals surface area contributed by atoms with Crippen LogP contribution in [0.3, 0.4) is 0 Å². The molecule has 0 atom stereocenters. The zero-order valence-electron chi connectivity index (χ0n) is 37.5. The van der Waals surface area contributed by atoms with Gasteiger partial charge in [-0.25, -0.2) is 0 Å². The van der Waals surface area contributed by atoms with E-state index in [9.17, 15) is 0 Å². The van der Waals surface area contributed by atoms with Gasteiger partial charge in [0.1, 0.15) is 0 Å². The third-order valence-corrected chi connectivity index (χ3v) is 31.3. The third-order valence-electron chi connectivity index (χ3n) is 12.7. The summed E-state index contributed by atoms with van der Waals surface area (Å²) in [6, 6.07) is 36.3. The molecule has 8 aromatic heterocycles. The number of hydrogen-bond donors (Lipinski definition) is 0. The van der Waals surface area contributed by atoms with Gasteiger partial charge in [0.15, 0.2) is 0 Å². The second-order valence-corrected chi connectivity index (χ2v) is 33.1. The molecule has 8 heterocycles. The Morgan fingerprint density at radius 1 is 0.292 bits per heavy atom. The van der Waals surface area contributed by atoms with E-state index in [2.05, 4.69) is 266 Å². The first-order valence-corrected chi connectivity index (χ1v) is 35.5. The third kappa shape index (κ3) is 8.49. The van der Waals surface area contributed by atoms with E-state index in [1.54, 1.807) is 0 Å². The first-order chi connectivity index (χ1) is 34.6. The Kier molecular flexibility index (Phi) is 13.8. The molecule has 0 bridgehead atoms. The van der Waals surface area contributed by atoms with E-state index in [4.69, 9.17) is 0 Å². The van der Waals surface area contributed by atoms with Crippen LogP contribution in [0.5, 0.6) is 0 Å². The van der Waals surface area contributed by atoms with Crippen LogP contribution < -0.4 is 0 Å². The summed E-state index contributed by atoms with van der Waals surface area (Å²) in [7, 11) is 0. The minimum atomic E-state index is 1.14. The van der Waals surface area contributed by atoms with Gasteiger partial charge in [-0.2, -0.15) is 0 Å². The number of rotatable bonds is 4. The molecule has 0 saturated heterocycles. The van der Waals surface area contributed by atoms with Crippen LogP contribution in [0.15, 0.2) is 124 Å². The molecular formula is C56H28Br6I2S8. The van der Waals surface area contributed by atoms with E-state index in [1.807, 2.05) is 90.7 Å². The highest BCUT2D eigenvalue weighted by atomic mass is 127. The van der Waals surface area contributed by atoms with Crippen molar-refractivity contribution in [2.75, 3.05) is 0 Å². The zero-order valence-corrected chi connectivity index (χ0v) is 57.9. The van der Waals surface area contributed by atoms with Crippen molar-refractivity contribution in [1.82, 2.24) is 0 Å². The number of fused-ring (bicyclic) bond motifs is 12. The second kappa shape index (κ2) is 19.6. The van der Waals surface area contributed by atoms with Gasteiger partial charge in [-0.3, -0.25) is 0 Å². The van der Waals surface area contributed by atoms with E-state index in [-0.39, 0.29) is 0 Å². The standard InChI is InChI=1S/C28H14Br4S4.C28H14Br2I2S4/c1-11-3-5-13(17(29)7-11)23-21(31)27-25(35-23)15-9-20-16(10-19(15)33-27)26-28(34-20)22(32)24(36-26)14-6-4-12(2)8-18(14)30;1-11-3-5-13(17(31)7-11)23-21(29)27-25(35-23)15-9-20-16(10-19(15)33-27)26-28(34-20)22(30)24(36-26)14-6-4-12(2)8-18(14)32/h2*3-10H,1-2H3. The fraction of sp³-hybridized carbons (Fsp3) is 0.0714. The van der Waals surface area contributed by atoms with E-state index < -0.39 is 0 Å². The minimum Gasteiger partial charge on any atom is -0.133 e. The minimum absolute atomic E-state index is 1.14. The average Bonchev–Trinajstić information content (AvgIpc) is 4.23. The van der Waals surface area contributed by atoms with Crippen LogP contribution in [-0.2, 0) is 0 Å². The fourth-order valence-corrected chi connectivity index (χ4v) is 27.6. The summed E-state index contributed by atoms with van der Waals surface area (Å²) in [5.74, 6) is 0. The molecule has 0 fully saturated rings. The summed E-state index contributed by atoms with van der Waals surface area (Å²) in [5, 5.41) is 5.46. The quantitative estimate of drug-likeness (QED) is 0.154. The van der Waals surface area contributed by atoms with Crippen molar-refractivity contribution in [1.29, 1.82) is 0 Å². The molecule has 0 nitrogen and oxygen atoms in total. The van der Waals surface area contributed by atoms with Gasteiger partial charge < -0.3 is 0 Å². The van der Waals surface area contributed by atoms with Crippen molar-refractivity contribution in [3.8, 4) is 41.8 Å². The largest absolute Gasteiger partial charge is 0.133 e. The lowest BCUT2D eigenvalue weighted by Gasteiger charge is -2.04. The molecule has 0 N–H and O–H groups in total. The number of thiophene rings is 8. The average molecular weight is 1690 g/mol. The SMILES string of the molecule is Cc1ccc(-c2sc3c(sc4cc5c(cc43)sc3c(Br)c(-c4ccc(C)cc4Br)sc35)c2Br)c(Br)c1.Cc1ccc(-c2sc3c(sc4cc5c(cc43)sc3c(Br)c(-c4ccc(C)cc4I)sc35)c2Br)c(I)c1. The molecule has 0 unspecified atom stereocenters. The van der Waals surface area contributed by atoms with Crippen molar-refractivity contribution < 1.29 is 0 Å². The summed E-state index contributed by atoms with van der Waals surface area (Å²) in [6.07, 6.45) is 0. The van der Waals surface area contributed by atoms with Crippen LogP contribution in [0.1, 0.15) is 22.3 Å². The molecule has 6 aromatic carbocycles. The molecular weight excluding hydrogens is 1660 g/mol. The van der Waals surface area contributed by atoms with Gasteiger partial charge >= 0.3 is 0 Å². The van der Waals surface area contributed by atoms with Crippen molar-refractivity contribution in [2.24, 2.45) is 0 Å². The van der Waals surface area contributed by atoms with Crippen LogP contribution in [0, 0.1) is 34.8 Å². The number of hydrogen-bond acceptors (Lipinski definition) is 8. The van der Waals surface area contributed by atoms with Gasteiger partial charge in [0.2, 0.25) is 0 Å². The van der Waals surface area contributed by atoms with Gasteiger partial charge in [0.05, 0.1) is 75.0 Å². The van der Waals surface area contributed by atoms with Gasteiger partial charge in [-0.1, -0.05) is 91.5 Å². The Balaban J connectivity index is 0.000000140. The van der Waals surface area contributed by atoms with Crippen LogP contribution >= 0.6 is 231 Å². The summed E-state index contributed by atoms with van der Waals surface area (Å²) in [6.45, 7) is 8.56. The molecule has 0 aliphatic rings. The predicted octanol–water partition coefficient (Wildman–Crippen LogP) is 26.8. The zero-order chi connectivity index (χ0) is 49.8. The maximum atomic E-state index is 3.97. The molecule has 72 heavy (non-hydrogen) atoms. The normalized spacial score (nSPS) is 12.2.